The maximum atomic E-state index is 10.8. The summed E-state index contributed by atoms with van der Waals surface area (Å²) in [5.41, 5.74) is 4.46. The molecule has 0 aliphatic heterocycles. The normalized spacial score (nSPS) is 9.35. The molecule has 0 atom stereocenters. The summed E-state index contributed by atoms with van der Waals surface area (Å²) < 4.78 is 5.17. The minimum atomic E-state index is -0.828. The largest absolute Gasteiger partial charge is 3.00 e. The first kappa shape index (κ1) is 19.4. The zero-order chi connectivity index (χ0) is 16.1. The van der Waals surface area contributed by atoms with Crippen LogP contribution in [-0.2, 0) is 43.9 Å². The molecule has 0 saturated carbocycles. The number of ether oxygens (including phenoxy) is 1. The molecule has 2 aromatic carbocycles. The molecule has 23 heavy (non-hydrogen) atoms. The predicted octanol–water partition coefficient (Wildman–Crippen LogP) is 3.14. The average molecular weight is 382 g/mol. The molecule has 0 spiro atoms. The Kier molecular flexibility index (Phi) is 7.48. The van der Waals surface area contributed by atoms with Crippen LogP contribution in [0.2, 0.25) is 0 Å². The second kappa shape index (κ2) is 8.86. The average Bonchev–Trinajstić information content (AvgIpc) is 2.47. The molecule has 4 heteroatoms. The standard InChI is InChI=1S/C19H17O3.Y/c1-13-10-15(6-8-17(13)12-19(20)21)4-5-16-7-9-18(22-3)14(2)11-16;/h6-8,10-11H,12H2,1-3H3,(H,20,21);/q-1;+3. The van der Waals surface area contributed by atoms with Gasteiger partial charge in [0.15, 0.2) is 0 Å². The third kappa shape index (κ3) is 5.50. The van der Waals surface area contributed by atoms with Crippen molar-refractivity contribution in [1.82, 2.24) is 0 Å². The first-order chi connectivity index (χ1) is 10.5. The number of carboxylic acid groups (broad SMARTS) is 1. The molecular weight excluding hydrogens is 365 g/mol. The number of benzene rings is 2. The van der Waals surface area contributed by atoms with E-state index in [9.17, 15) is 4.79 Å². The summed E-state index contributed by atoms with van der Waals surface area (Å²) in [7, 11) is 1.62. The van der Waals surface area contributed by atoms with Crippen molar-refractivity contribution in [1.29, 1.82) is 0 Å². The topological polar surface area (TPSA) is 46.5 Å². The van der Waals surface area contributed by atoms with Crippen LogP contribution in [0.1, 0.15) is 27.8 Å². The van der Waals surface area contributed by atoms with E-state index in [0.29, 0.717) is 0 Å². The molecule has 1 N–H and O–H groups in total. The van der Waals surface area contributed by atoms with Gasteiger partial charge in [0.05, 0.1) is 13.5 Å². The minimum absolute atomic E-state index is 0. The number of carbonyl (C=O) groups is 1. The van der Waals surface area contributed by atoms with Crippen molar-refractivity contribution in [2.45, 2.75) is 20.3 Å². The van der Waals surface area contributed by atoms with Gasteiger partial charge < -0.3 is 9.84 Å². The van der Waals surface area contributed by atoms with Crippen molar-refractivity contribution >= 4 is 5.97 Å². The molecule has 0 bridgehead atoms. The molecular formula is C19H17O3Y+2. The van der Waals surface area contributed by atoms with E-state index in [1.807, 2.05) is 38.1 Å². The van der Waals surface area contributed by atoms with E-state index in [1.165, 1.54) is 0 Å². The number of carboxylic acids is 1. The van der Waals surface area contributed by atoms with Gasteiger partial charge >= 0.3 is 38.7 Å². The molecule has 3 nitrogen and oxygen atoms in total. The molecule has 0 heterocycles. The third-order valence-corrected chi connectivity index (χ3v) is 3.33. The SMILES string of the molecule is COc1[c-]cc(C#Cc2ccc(CC(=O)O)c(C)c2)cc1C.[Y+3]. The smallest absolute Gasteiger partial charge is 0.522 e. The number of hydrogen-bond donors (Lipinski definition) is 1. The van der Waals surface area contributed by atoms with Crippen LogP contribution >= 0.6 is 0 Å². The molecule has 0 unspecified atom stereocenters. The van der Waals surface area contributed by atoms with E-state index < -0.39 is 5.97 Å². The van der Waals surface area contributed by atoms with Gasteiger partial charge in [-0.1, -0.05) is 24.5 Å². The van der Waals surface area contributed by atoms with Crippen LogP contribution in [0.25, 0.3) is 0 Å². The van der Waals surface area contributed by atoms with Crippen LogP contribution in [0.4, 0.5) is 0 Å². The van der Waals surface area contributed by atoms with Crippen LogP contribution in [0.3, 0.4) is 0 Å². The van der Waals surface area contributed by atoms with Gasteiger partial charge in [-0.05, 0) is 30.2 Å². The number of hydrogen-bond acceptors (Lipinski definition) is 2. The van der Waals surface area contributed by atoms with Gasteiger partial charge in [-0.3, -0.25) is 4.79 Å². The van der Waals surface area contributed by atoms with Crippen molar-refractivity contribution in [2.75, 3.05) is 7.11 Å². The molecule has 112 valence electrons. The summed E-state index contributed by atoms with van der Waals surface area (Å²) in [4.78, 5) is 10.8. The molecule has 0 fully saturated rings. The van der Waals surface area contributed by atoms with Crippen LogP contribution in [-0.4, -0.2) is 18.2 Å². The van der Waals surface area contributed by atoms with Gasteiger partial charge in [0.2, 0.25) is 0 Å². The van der Waals surface area contributed by atoms with Gasteiger partial charge in [0.1, 0.15) is 0 Å². The van der Waals surface area contributed by atoms with Crippen LogP contribution in [0.15, 0.2) is 30.3 Å². The molecule has 0 aliphatic rings. The van der Waals surface area contributed by atoms with Crippen LogP contribution in [0, 0.1) is 31.8 Å². The van der Waals surface area contributed by atoms with Crippen LogP contribution < -0.4 is 4.74 Å². The van der Waals surface area contributed by atoms with Crippen molar-refractivity contribution in [2.24, 2.45) is 0 Å². The summed E-state index contributed by atoms with van der Waals surface area (Å²) in [6.07, 6.45) is 0.0339. The number of rotatable bonds is 3. The molecule has 0 radical (unpaired) electrons. The first-order valence-corrected chi connectivity index (χ1v) is 6.89. The molecule has 0 aliphatic carbocycles. The zero-order valence-corrected chi connectivity index (χ0v) is 16.3. The zero-order valence-electron chi connectivity index (χ0n) is 13.4. The van der Waals surface area contributed by atoms with E-state index in [2.05, 4.69) is 17.9 Å². The fourth-order valence-electron chi connectivity index (χ4n) is 2.17. The second-order valence-electron chi connectivity index (χ2n) is 5.07. The van der Waals surface area contributed by atoms with Gasteiger partial charge in [-0.15, -0.1) is 17.6 Å². The Labute approximate surface area is 161 Å². The number of aliphatic carboxylic acids is 1. The van der Waals surface area contributed by atoms with E-state index in [4.69, 9.17) is 9.84 Å². The Morgan fingerprint density at radius 3 is 2.39 bits per heavy atom. The van der Waals surface area contributed by atoms with Gasteiger partial charge in [0, 0.05) is 11.3 Å². The molecule has 0 amide bonds. The fourth-order valence-corrected chi connectivity index (χ4v) is 2.17. The Morgan fingerprint density at radius 2 is 1.83 bits per heavy atom. The van der Waals surface area contributed by atoms with Gasteiger partial charge in [0.25, 0.3) is 0 Å². The summed E-state index contributed by atoms with van der Waals surface area (Å²) in [6, 6.07) is 12.4. The molecule has 0 saturated heterocycles. The fraction of sp³-hybridized carbons (Fsp3) is 0.211. The predicted molar refractivity (Wildman–Crippen MR) is 85.1 cm³/mol. The molecule has 0 aromatic heterocycles. The first-order valence-electron chi connectivity index (χ1n) is 6.89. The summed E-state index contributed by atoms with van der Waals surface area (Å²) >= 11 is 0. The Bertz CT molecular complexity index is 770. The van der Waals surface area contributed by atoms with Crippen molar-refractivity contribution in [3.8, 4) is 17.6 Å². The molecule has 2 rings (SSSR count). The van der Waals surface area contributed by atoms with Crippen LogP contribution in [0.5, 0.6) is 5.75 Å². The van der Waals surface area contributed by atoms with E-state index in [-0.39, 0.29) is 39.1 Å². The summed E-state index contributed by atoms with van der Waals surface area (Å²) in [5, 5.41) is 8.84. The van der Waals surface area contributed by atoms with Crippen molar-refractivity contribution < 1.29 is 47.3 Å². The number of methoxy groups -OCH3 is 1. The monoisotopic (exact) mass is 382 g/mol. The van der Waals surface area contributed by atoms with Gasteiger partial charge in [-0.2, -0.15) is 12.1 Å². The maximum absolute atomic E-state index is 10.8. The van der Waals surface area contributed by atoms with Gasteiger partial charge in [-0.25, -0.2) is 0 Å². The van der Waals surface area contributed by atoms with E-state index in [0.717, 1.165) is 33.6 Å². The quantitative estimate of drug-likeness (QED) is 0.656. The Hall–Kier alpha value is -1.63. The Balaban J connectivity index is 0.00000264. The maximum Gasteiger partial charge on any atom is 3.00 e. The second-order valence-corrected chi connectivity index (χ2v) is 5.07. The number of aryl methyl sites for hydroxylation is 2. The summed E-state index contributed by atoms with van der Waals surface area (Å²) in [6.45, 7) is 3.85. The van der Waals surface area contributed by atoms with E-state index in [1.54, 1.807) is 13.2 Å². The van der Waals surface area contributed by atoms with E-state index >= 15 is 0 Å². The Morgan fingerprint density at radius 1 is 1.17 bits per heavy atom. The third-order valence-electron chi connectivity index (χ3n) is 3.33. The van der Waals surface area contributed by atoms with Crippen molar-refractivity contribution in [3.05, 3.63) is 64.2 Å². The minimum Gasteiger partial charge on any atom is -0.522 e. The van der Waals surface area contributed by atoms with Crippen molar-refractivity contribution in [3.63, 3.8) is 0 Å². The summed E-state index contributed by atoms with van der Waals surface area (Å²) in [5.74, 6) is 6.07. The molecule has 2 aromatic rings.